The van der Waals surface area contributed by atoms with Gasteiger partial charge in [-0.1, -0.05) is 46.4 Å². The number of rotatable bonds is 6. The van der Waals surface area contributed by atoms with Crippen LogP contribution in [0.5, 0.6) is 0 Å². The number of aromatic nitrogens is 1. The Bertz CT molecular complexity index is 1400. The molecule has 1 heterocycles. The van der Waals surface area contributed by atoms with Crippen LogP contribution >= 0.6 is 69.6 Å². The summed E-state index contributed by atoms with van der Waals surface area (Å²) in [5.74, 6) is -4.84. The van der Waals surface area contributed by atoms with E-state index in [1.54, 1.807) is 0 Å². The van der Waals surface area contributed by atoms with Gasteiger partial charge in [0, 0.05) is 17.2 Å². The second-order valence-electron chi connectivity index (χ2n) is 7.99. The molecule has 0 spiro atoms. The van der Waals surface area contributed by atoms with E-state index in [2.05, 4.69) is 10.3 Å². The first-order valence-electron chi connectivity index (χ1n) is 10.1. The second kappa shape index (κ2) is 10.1. The van der Waals surface area contributed by atoms with Crippen LogP contribution in [0.2, 0.25) is 20.1 Å². The number of alkyl halides is 2. The summed E-state index contributed by atoms with van der Waals surface area (Å²) in [6, 6.07) is 7.21. The van der Waals surface area contributed by atoms with Gasteiger partial charge in [-0.25, -0.2) is 8.78 Å². The Morgan fingerprint density at radius 2 is 1.67 bits per heavy atom. The smallest absolute Gasteiger partial charge is 0.231 e. The van der Waals surface area contributed by atoms with Crippen LogP contribution in [0.4, 0.5) is 20.2 Å². The monoisotopic (exact) mass is 611 g/mol. The lowest BCUT2D eigenvalue weighted by molar-refractivity contribution is -0.117. The Morgan fingerprint density at radius 1 is 1.03 bits per heavy atom. The predicted molar refractivity (Wildman–Crippen MR) is 139 cm³/mol. The van der Waals surface area contributed by atoms with Gasteiger partial charge < -0.3 is 11.1 Å². The number of anilines is 2. The molecule has 2 atom stereocenters. The molecule has 3 aromatic rings. The molecule has 0 bridgehead atoms. The summed E-state index contributed by atoms with van der Waals surface area (Å²) in [4.78, 5) is 29.4. The fourth-order valence-electron chi connectivity index (χ4n) is 3.75. The number of nitrogen functional groups attached to an aromatic ring is 1. The van der Waals surface area contributed by atoms with Gasteiger partial charge >= 0.3 is 0 Å². The van der Waals surface area contributed by atoms with Crippen LogP contribution in [0.3, 0.4) is 0 Å². The largest absolute Gasteiger partial charge is 0.394 e. The molecule has 1 amide bonds. The van der Waals surface area contributed by atoms with Gasteiger partial charge in [-0.3, -0.25) is 14.6 Å². The van der Waals surface area contributed by atoms with Crippen molar-refractivity contribution < 1.29 is 18.4 Å². The number of Topliss-reactive ketones (excluding diaryl/α,β-unsaturated/α-hetero) is 1. The second-order valence-corrected chi connectivity index (χ2v) is 11.0. The third kappa shape index (κ3) is 5.10. The fourth-order valence-corrected chi connectivity index (χ4v) is 5.41. The zero-order chi connectivity index (χ0) is 26.5. The number of nitrogens with one attached hydrogen (secondary N) is 1. The topological polar surface area (TPSA) is 85.1 Å². The molecule has 1 aromatic heterocycles. The Balaban J connectivity index is 1.53. The van der Waals surface area contributed by atoms with Crippen LogP contribution in [0.15, 0.2) is 36.5 Å². The minimum atomic E-state index is -1.44. The van der Waals surface area contributed by atoms with Crippen LogP contribution in [0.25, 0.3) is 0 Å². The standard InChI is InChI=1S/C23H13Cl6F2N3O2/c24-11-2-1-9(5-10(11)16(35)6-15-20(31)21(32)14(30)7-33-15)34-22(36)18-17(23(18,28)29)8-3-12(25)19(27)13(26)4-8/h1-5,7,17-18H,6H2,(H2,32,33)(H,34,36)/t17-,18+/m0/s1. The minimum absolute atomic E-state index is 0.0230. The zero-order valence-corrected chi connectivity index (χ0v) is 22.2. The van der Waals surface area contributed by atoms with E-state index in [4.69, 9.17) is 75.3 Å². The maximum absolute atomic E-state index is 14.2. The van der Waals surface area contributed by atoms with E-state index in [1.807, 2.05) is 0 Å². The third-order valence-corrected chi connectivity index (χ3v) is 8.11. The predicted octanol–water partition coefficient (Wildman–Crippen LogP) is 7.51. The lowest BCUT2D eigenvalue weighted by Crippen LogP contribution is -2.17. The molecule has 13 heteroatoms. The first kappa shape index (κ1) is 27.2. The molecule has 0 unspecified atom stereocenters. The number of pyridine rings is 1. The van der Waals surface area contributed by atoms with Crippen LogP contribution in [0.1, 0.15) is 27.5 Å². The quantitative estimate of drug-likeness (QED) is 0.171. The van der Waals surface area contributed by atoms with Crippen molar-refractivity contribution in [3.63, 3.8) is 0 Å². The number of carbonyl (C=O) groups excluding carboxylic acids is 2. The summed E-state index contributed by atoms with van der Waals surface area (Å²) >= 11 is 37.1. The number of hydrogen-bond acceptors (Lipinski definition) is 4. The van der Waals surface area contributed by atoms with Crippen molar-refractivity contribution in [1.29, 1.82) is 0 Å². The maximum Gasteiger partial charge on any atom is 0.231 e. The first-order chi connectivity index (χ1) is 16.8. The SMILES string of the molecule is Nc1c(F)cnc(CC(=O)c2cc(NC(=O)[C@H]3[C@H](c4cc(Cl)c(Cl)c(Cl)c4)C3(Cl)Cl)ccc2Cl)c1F. The van der Waals surface area contributed by atoms with E-state index < -0.39 is 51.6 Å². The van der Waals surface area contributed by atoms with Gasteiger partial charge in [0.15, 0.2) is 17.4 Å². The number of ketones is 1. The number of nitrogens with two attached hydrogens (primary N) is 1. The Hall–Kier alpha value is -1.87. The number of hydrogen-bond donors (Lipinski definition) is 2. The zero-order valence-electron chi connectivity index (χ0n) is 17.7. The number of benzene rings is 2. The Kier molecular flexibility index (Phi) is 7.64. The van der Waals surface area contributed by atoms with Crippen LogP contribution in [-0.4, -0.2) is 21.0 Å². The Morgan fingerprint density at radius 3 is 2.31 bits per heavy atom. The third-order valence-electron chi connectivity index (χ3n) is 5.64. The molecule has 1 aliphatic carbocycles. The fraction of sp³-hybridized carbons (Fsp3) is 0.174. The van der Waals surface area contributed by atoms with E-state index >= 15 is 0 Å². The van der Waals surface area contributed by atoms with Crippen molar-refractivity contribution in [1.82, 2.24) is 4.98 Å². The summed E-state index contributed by atoms with van der Waals surface area (Å²) in [7, 11) is 0. The highest BCUT2D eigenvalue weighted by Crippen LogP contribution is 2.65. The van der Waals surface area contributed by atoms with Crippen molar-refractivity contribution in [2.45, 2.75) is 16.7 Å². The van der Waals surface area contributed by atoms with Crippen molar-refractivity contribution >= 4 is 92.7 Å². The van der Waals surface area contributed by atoms with E-state index in [0.717, 1.165) is 6.20 Å². The molecule has 2 aromatic carbocycles. The van der Waals surface area contributed by atoms with E-state index in [-0.39, 0.29) is 37.0 Å². The van der Waals surface area contributed by atoms with E-state index in [0.29, 0.717) is 5.56 Å². The molecular weight excluding hydrogens is 601 g/mol. The lowest BCUT2D eigenvalue weighted by Gasteiger charge is -2.10. The summed E-state index contributed by atoms with van der Waals surface area (Å²) in [6.45, 7) is 0. The van der Waals surface area contributed by atoms with Gasteiger partial charge in [0.2, 0.25) is 5.91 Å². The van der Waals surface area contributed by atoms with Crippen molar-refractivity contribution in [3.05, 3.63) is 85.1 Å². The molecule has 0 radical (unpaired) electrons. The first-order valence-corrected chi connectivity index (χ1v) is 12.3. The minimum Gasteiger partial charge on any atom is -0.394 e. The summed E-state index contributed by atoms with van der Waals surface area (Å²) in [6.07, 6.45) is 0.180. The van der Waals surface area contributed by atoms with Gasteiger partial charge in [-0.2, -0.15) is 0 Å². The number of amides is 1. The number of nitrogens with zero attached hydrogens (tertiary/aromatic N) is 1. The molecule has 1 aliphatic rings. The molecule has 188 valence electrons. The van der Waals surface area contributed by atoms with Crippen molar-refractivity contribution in [3.8, 4) is 0 Å². The molecular formula is C23H13Cl6F2N3O2. The highest BCUT2D eigenvalue weighted by molar-refractivity contribution is 6.54. The van der Waals surface area contributed by atoms with Gasteiger partial charge in [0.25, 0.3) is 0 Å². The average Bonchev–Trinajstić information content (AvgIpc) is 3.40. The highest BCUT2D eigenvalue weighted by Gasteiger charge is 2.67. The van der Waals surface area contributed by atoms with E-state index in [9.17, 15) is 18.4 Å². The van der Waals surface area contributed by atoms with E-state index in [1.165, 1.54) is 30.3 Å². The molecule has 4 rings (SSSR count). The van der Waals surface area contributed by atoms with Gasteiger partial charge in [0.1, 0.15) is 10.0 Å². The summed E-state index contributed by atoms with van der Waals surface area (Å²) in [5.41, 5.74) is 4.95. The van der Waals surface area contributed by atoms with Gasteiger partial charge in [-0.05, 0) is 35.9 Å². The van der Waals surface area contributed by atoms with Crippen molar-refractivity contribution in [2.24, 2.45) is 5.92 Å². The van der Waals surface area contributed by atoms with Crippen LogP contribution in [-0.2, 0) is 11.2 Å². The molecule has 3 N–H and O–H groups in total. The molecule has 5 nitrogen and oxygen atoms in total. The molecule has 1 fully saturated rings. The number of halogens is 8. The molecule has 36 heavy (non-hydrogen) atoms. The van der Waals surface area contributed by atoms with Crippen LogP contribution in [0, 0.1) is 17.6 Å². The van der Waals surface area contributed by atoms with Gasteiger partial charge in [-0.15, -0.1) is 23.2 Å². The summed E-state index contributed by atoms with van der Waals surface area (Å²) in [5, 5.41) is 3.22. The average molecular weight is 614 g/mol. The Labute approximate surface area is 233 Å². The normalized spacial score (nSPS) is 18.1. The van der Waals surface area contributed by atoms with Crippen LogP contribution < -0.4 is 11.1 Å². The maximum atomic E-state index is 14.2. The molecule has 0 aliphatic heterocycles. The summed E-state index contributed by atoms with van der Waals surface area (Å²) < 4.78 is 26.1. The number of carbonyl (C=O) groups is 2. The molecule has 0 saturated heterocycles. The highest BCUT2D eigenvalue weighted by atomic mass is 35.5. The van der Waals surface area contributed by atoms with Crippen molar-refractivity contribution in [2.75, 3.05) is 11.1 Å². The lowest BCUT2D eigenvalue weighted by atomic mass is 10.0. The molecule has 1 saturated carbocycles. The van der Waals surface area contributed by atoms with Gasteiger partial charge in [0.05, 0.1) is 44.3 Å².